The highest BCUT2D eigenvalue weighted by Crippen LogP contribution is 2.16. The zero-order valence-corrected chi connectivity index (χ0v) is 13.3. The third kappa shape index (κ3) is 2.67. The Kier molecular flexibility index (Phi) is 3.78. The molecule has 2 fully saturated rings. The van der Waals surface area contributed by atoms with E-state index < -0.39 is 0 Å². The fourth-order valence-electron chi connectivity index (χ4n) is 3.33. The van der Waals surface area contributed by atoms with E-state index in [4.69, 9.17) is 0 Å². The summed E-state index contributed by atoms with van der Waals surface area (Å²) in [5.74, 6) is -0.000546. The average molecular weight is 325 g/mol. The number of fused-ring (bicyclic) bond motifs is 1. The molecule has 2 aromatic rings. The molecule has 2 aliphatic heterocycles. The fourth-order valence-corrected chi connectivity index (χ4v) is 3.33. The van der Waals surface area contributed by atoms with Crippen LogP contribution in [0.15, 0.2) is 43.0 Å². The normalized spacial score (nSPS) is 21.2. The molecule has 124 valence electrons. The summed E-state index contributed by atoms with van der Waals surface area (Å²) < 4.78 is 1.89. The molecule has 2 saturated heterocycles. The number of hydrogen-bond donors (Lipinski definition) is 1. The largest absolute Gasteiger partial charge is 0.353 e. The predicted octanol–water partition coefficient (Wildman–Crippen LogP) is 0.129. The van der Waals surface area contributed by atoms with Gasteiger partial charge in [-0.25, -0.2) is 4.98 Å². The molecule has 7 nitrogen and oxygen atoms in total. The van der Waals surface area contributed by atoms with Crippen molar-refractivity contribution in [3.63, 3.8) is 0 Å². The number of amides is 2. The molecule has 1 N–H and O–H groups in total. The summed E-state index contributed by atoms with van der Waals surface area (Å²) in [5, 5.41) is 2.88. The van der Waals surface area contributed by atoms with E-state index in [1.165, 1.54) is 0 Å². The monoisotopic (exact) mass is 325 g/mol. The molecule has 2 amide bonds. The molecule has 0 unspecified atom stereocenters. The molecule has 0 aliphatic carbocycles. The lowest BCUT2D eigenvalue weighted by Gasteiger charge is -2.43. The first kappa shape index (κ1) is 14.9. The van der Waals surface area contributed by atoms with Gasteiger partial charge in [-0.2, -0.15) is 0 Å². The average Bonchev–Trinajstić information content (AvgIpc) is 3.16. The maximum atomic E-state index is 12.7. The topological polar surface area (TPSA) is 70.5 Å². The van der Waals surface area contributed by atoms with Gasteiger partial charge in [0.15, 0.2) is 0 Å². The Bertz CT molecular complexity index is 741. The summed E-state index contributed by atoms with van der Waals surface area (Å²) in [7, 11) is 0. The van der Waals surface area contributed by atoms with Gasteiger partial charge in [-0.15, -0.1) is 0 Å². The number of rotatable bonds is 2. The predicted molar refractivity (Wildman–Crippen MR) is 87.8 cm³/mol. The van der Waals surface area contributed by atoms with E-state index >= 15 is 0 Å². The van der Waals surface area contributed by atoms with Crippen LogP contribution in [0.2, 0.25) is 0 Å². The molecule has 0 spiro atoms. The number of carbonyl (C=O) groups excluding carboxylic acids is 2. The molecule has 0 radical (unpaired) electrons. The minimum atomic E-state index is -0.221. The van der Waals surface area contributed by atoms with Gasteiger partial charge < -0.3 is 14.8 Å². The molecule has 24 heavy (non-hydrogen) atoms. The fraction of sp³-hybridized carbons (Fsp3) is 0.353. The highest BCUT2D eigenvalue weighted by atomic mass is 16.2. The van der Waals surface area contributed by atoms with Crippen molar-refractivity contribution in [1.82, 2.24) is 24.7 Å². The van der Waals surface area contributed by atoms with Gasteiger partial charge in [-0.05, 0) is 24.3 Å². The Balaban J connectivity index is 1.48. The maximum absolute atomic E-state index is 12.7. The third-order valence-electron chi connectivity index (χ3n) is 4.70. The van der Waals surface area contributed by atoms with Crippen molar-refractivity contribution in [2.45, 2.75) is 6.04 Å². The van der Waals surface area contributed by atoms with Gasteiger partial charge in [-0.3, -0.25) is 14.5 Å². The van der Waals surface area contributed by atoms with Crippen LogP contribution in [-0.2, 0) is 4.79 Å². The minimum Gasteiger partial charge on any atom is -0.353 e. The van der Waals surface area contributed by atoms with E-state index in [-0.39, 0.29) is 17.9 Å². The number of piperazine rings is 2. The maximum Gasteiger partial charge on any atom is 0.253 e. The summed E-state index contributed by atoms with van der Waals surface area (Å²) in [6.45, 7) is 3.41. The summed E-state index contributed by atoms with van der Waals surface area (Å²) in [4.78, 5) is 32.7. The molecule has 0 bridgehead atoms. The second kappa shape index (κ2) is 6.09. The van der Waals surface area contributed by atoms with Crippen molar-refractivity contribution in [2.24, 2.45) is 0 Å². The van der Waals surface area contributed by atoms with Crippen molar-refractivity contribution in [1.29, 1.82) is 0 Å². The number of aromatic nitrogens is 2. The van der Waals surface area contributed by atoms with Crippen LogP contribution in [-0.4, -0.2) is 69.9 Å². The van der Waals surface area contributed by atoms with Gasteiger partial charge in [0.25, 0.3) is 5.91 Å². The summed E-state index contributed by atoms with van der Waals surface area (Å²) in [6, 6.07) is 7.23. The van der Waals surface area contributed by atoms with Crippen LogP contribution in [0.3, 0.4) is 0 Å². The second-order valence-corrected chi connectivity index (χ2v) is 6.11. The standard InChI is InChI=1S/C17H19N5O2/c23-16-15-11-21(10-9-20(15)8-6-19-16)17(24)13-1-3-14(4-2-13)22-7-5-18-12-22/h1-5,7,12,15H,6,8-11H2,(H,19,23)/t15-/m1/s1. The van der Waals surface area contributed by atoms with E-state index in [0.717, 1.165) is 18.8 Å². The van der Waals surface area contributed by atoms with E-state index in [9.17, 15) is 9.59 Å². The lowest BCUT2D eigenvalue weighted by molar-refractivity contribution is -0.131. The zero-order chi connectivity index (χ0) is 16.5. The number of benzene rings is 1. The Hall–Kier alpha value is -2.67. The summed E-state index contributed by atoms with van der Waals surface area (Å²) >= 11 is 0. The number of nitrogens with zero attached hydrogens (tertiary/aromatic N) is 4. The van der Waals surface area contributed by atoms with Gasteiger partial charge in [0.1, 0.15) is 6.04 Å². The van der Waals surface area contributed by atoms with E-state index in [2.05, 4.69) is 15.2 Å². The first-order valence-electron chi connectivity index (χ1n) is 8.12. The van der Waals surface area contributed by atoms with Crippen molar-refractivity contribution < 1.29 is 9.59 Å². The Labute approximate surface area is 139 Å². The zero-order valence-electron chi connectivity index (χ0n) is 13.3. The third-order valence-corrected chi connectivity index (χ3v) is 4.70. The Morgan fingerprint density at radius 1 is 1.17 bits per heavy atom. The molecular formula is C17H19N5O2. The smallest absolute Gasteiger partial charge is 0.253 e. The van der Waals surface area contributed by atoms with Crippen LogP contribution in [0.4, 0.5) is 0 Å². The molecule has 1 aromatic carbocycles. The SMILES string of the molecule is O=C1NCCN2CCN(C(=O)c3ccc(-n4ccnc4)cc3)C[C@H]12. The molecular weight excluding hydrogens is 306 g/mol. The number of nitrogens with one attached hydrogen (secondary N) is 1. The number of imidazole rings is 1. The van der Waals surface area contributed by atoms with Gasteiger partial charge >= 0.3 is 0 Å². The molecule has 1 aromatic heterocycles. The summed E-state index contributed by atoms with van der Waals surface area (Å²) in [6.07, 6.45) is 5.29. The van der Waals surface area contributed by atoms with E-state index in [1.807, 2.05) is 35.0 Å². The molecule has 4 rings (SSSR count). The molecule has 7 heteroatoms. The van der Waals surface area contributed by atoms with Gasteiger partial charge in [0, 0.05) is 56.4 Å². The van der Waals surface area contributed by atoms with Crippen molar-refractivity contribution in [3.05, 3.63) is 48.5 Å². The van der Waals surface area contributed by atoms with E-state index in [1.54, 1.807) is 17.4 Å². The van der Waals surface area contributed by atoms with Crippen molar-refractivity contribution in [2.75, 3.05) is 32.7 Å². The lowest BCUT2D eigenvalue weighted by atomic mass is 10.1. The van der Waals surface area contributed by atoms with E-state index in [0.29, 0.717) is 25.2 Å². The molecule has 1 atom stereocenters. The Morgan fingerprint density at radius 2 is 2.00 bits per heavy atom. The highest BCUT2D eigenvalue weighted by Gasteiger charge is 2.36. The molecule has 3 heterocycles. The van der Waals surface area contributed by atoms with Crippen LogP contribution in [0, 0.1) is 0 Å². The minimum absolute atomic E-state index is 0.0224. The first-order valence-corrected chi connectivity index (χ1v) is 8.12. The number of carbonyl (C=O) groups is 2. The van der Waals surface area contributed by atoms with Crippen molar-refractivity contribution in [3.8, 4) is 5.69 Å². The second-order valence-electron chi connectivity index (χ2n) is 6.11. The van der Waals surface area contributed by atoms with Crippen LogP contribution in [0.1, 0.15) is 10.4 Å². The van der Waals surface area contributed by atoms with Gasteiger partial charge in [0.2, 0.25) is 5.91 Å². The van der Waals surface area contributed by atoms with Crippen molar-refractivity contribution >= 4 is 11.8 Å². The van der Waals surface area contributed by atoms with Gasteiger partial charge in [0.05, 0.1) is 6.33 Å². The Morgan fingerprint density at radius 3 is 2.75 bits per heavy atom. The van der Waals surface area contributed by atoms with Crippen LogP contribution >= 0.6 is 0 Å². The first-order chi connectivity index (χ1) is 11.7. The summed E-state index contributed by atoms with van der Waals surface area (Å²) in [5.41, 5.74) is 1.60. The van der Waals surface area contributed by atoms with Crippen LogP contribution in [0.5, 0.6) is 0 Å². The van der Waals surface area contributed by atoms with Crippen LogP contribution < -0.4 is 5.32 Å². The van der Waals surface area contributed by atoms with Gasteiger partial charge in [-0.1, -0.05) is 0 Å². The number of hydrogen-bond acceptors (Lipinski definition) is 4. The lowest BCUT2D eigenvalue weighted by Crippen LogP contribution is -2.64. The quantitative estimate of drug-likeness (QED) is 0.852. The van der Waals surface area contributed by atoms with Crippen LogP contribution in [0.25, 0.3) is 5.69 Å². The molecule has 0 saturated carbocycles. The molecule has 2 aliphatic rings. The highest BCUT2D eigenvalue weighted by molar-refractivity contribution is 5.95.